The normalized spacial score (nSPS) is 26.0. The van der Waals surface area contributed by atoms with Crippen LogP contribution in [0.15, 0.2) is 48.5 Å². The van der Waals surface area contributed by atoms with Gasteiger partial charge in [0.1, 0.15) is 6.04 Å². The van der Waals surface area contributed by atoms with Crippen LogP contribution in [0.5, 0.6) is 0 Å². The highest BCUT2D eigenvalue weighted by Crippen LogP contribution is 2.49. The molecule has 2 aromatic rings. The number of nitro benzene ring substituents is 1. The number of carbonyl (C=O) groups is 3. The SMILES string of the molecule is Cc1ccc([N+](=O)[O-])cc1N1C(=O)[C@@H]2[C@H](C1=O)[C@@H](C(N)=O)N1c3ccccc3C=C[C@H]21. The Morgan fingerprint density at radius 1 is 1.06 bits per heavy atom. The van der Waals surface area contributed by atoms with E-state index in [0.717, 1.165) is 16.2 Å². The number of amides is 3. The van der Waals surface area contributed by atoms with Gasteiger partial charge < -0.3 is 10.6 Å². The fraction of sp³-hybridized carbons (Fsp3) is 0.227. The fourth-order valence-electron chi connectivity index (χ4n) is 5.03. The fourth-order valence-corrected chi connectivity index (χ4v) is 5.03. The summed E-state index contributed by atoms with van der Waals surface area (Å²) in [5, 5.41) is 11.2. The zero-order chi connectivity index (χ0) is 22.0. The molecule has 156 valence electrons. The third kappa shape index (κ3) is 2.52. The first-order chi connectivity index (χ1) is 14.8. The van der Waals surface area contributed by atoms with Crippen molar-refractivity contribution in [1.82, 2.24) is 0 Å². The highest BCUT2D eigenvalue weighted by Gasteiger charge is 2.64. The second kappa shape index (κ2) is 6.49. The van der Waals surface area contributed by atoms with Gasteiger partial charge in [0.25, 0.3) is 5.69 Å². The number of para-hydroxylation sites is 1. The molecule has 3 aliphatic heterocycles. The predicted octanol–water partition coefficient (Wildman–Crippen LogP) is 1.78. The molecule has 2 fully saturated rings. The van der Waals surface area contributed by atoms with Gasteiger partial charge in [0.05, 0.1) is 28.5 Å². The molecule has 0 bridgehead atoms. The number of nitrogens with zero attached hydrogens (tertiary/aromatic N) is 3. The molecule has 4 atom stereocenters. The van der Waals surface area contributed by atoms with Gasteiger partial charge in [0, 0.05) is 17.8 Å². The monoisotopic (exact) mass is 418 g/mol. The molecule has 3 aliphatic rings. The third-order valence-corrected chi connectivity index (χ3v) is 6.35. The summed E-state index contributed by atoms with van der Waals surface area (Å²) < 4.78 is 0. The van der Waals surface area contributed by atoms with E-state index in [1.165, 1.54) is 18.2 Å². The Labute approximate surface area is 176 Å². The van der Waals surface area contributed by atoms with Crippen molar-refractivity contribution in [2.45, 2.75) is 19.0 Å². The van der Waals surface area contributed by atoms with Crippen LogP contribution in [0.1, 0.15) is 11.1 Å². The summed E-state index contributed by atoms with van der Waals surface area (Å²) in [5.41, 5.74) is 7.82. The van der Waals surface area contributed by atoms with Crippen LogP contribution in [0.3, 0.4) is 0 Å². The van der Waals surface area contributed by atoms with Crippen LogP contribution < -0.4 is 15.5 Å². The number of nitrogens with two attached hydrogens (primary N) is 1. The molecule has 0 aromatic heterocycles. The molecule has 3 amide bonds. The van der Waals surface area contributed by atoms with E-state index < -0.39 is 46.6 Å². The molecule has 3 heterocycles. The second-order valence-corrected chi connectivity index (χ2v) is 7.95. The molecular formula is C22H18N4O5. The lowest BCUT2D eigenvalue weighted by atomic mass is 9.88. The molecule has 0 radical (unpaired) electrons. The van der Waals surface area contributed by atoms with E-state index in [2.05, 4.69) is 0 Å². The number of imide groups is 1. The third-order valence-electron chi connectivity index (χ3n) is 6.35. The Bertz CT molecular complexity index is 1210. The number of anilines is 2. The van der Waals surface area contributed by atoms with Crippen molar-refractivity contribution in [3.63, 3.8) is 0 Å². The minimum absolute atomic E-state index is 0.161. The van der Waals surface area contributed by atoms with Crippen LogP contribution in [0.4, 0.5) is 17.1 Å². The first-order valence-corrected chi connectivity index (χ1v) is 9.79. The summed E-state index contributed by atoms with van der Waals surface area (Å²) in [6.45, 7) is 1.67. The van der Waals surface area contributed by atoms with E-state index in [1.807, 2.05) is 36.4 Å². The smallest absolute Gasteiger partial charge is 0.271 e. The van der Waals surface area contributed by atoms with Crippen LogP contribution in [0, 0.1) is 28.9 Å². The van der Waals surface area contributed by atoms with Crippen molar-refractivity contribution >= 4 is 40.9 Å². The van der Waals surface area contributed by atoms with Gasteiger partial charge in [-0.05, 0) is 24.1 Å². The van der Waals surface area contributed by atoms with Crippen molar-refractivity contribution in [1.29, 1.82) is 0 Å². The molecule has 5 rings (SSSR count). The highest BCUT2D eigenvalue weighted by molar-refractivity contribution is 6.25. The predicted molar refractivity (Wildman–Crippen MR) is 112 cm³/mol. The van der Waals surface area contributed by atoms with Crippen LogP contribution >= 0.6 is 0 Å². The number of aryl methyl sites for hydroxylation is 1. The van der Waals surface area contributed by atoms with Gasteiger partial charge in [-0.25, -0.2) is 4.90 Å². The Morgan fingerprint density at radius 3 is 2.48 bits per heavy atom. The quantitative estimate of drug-likeness (QED) is 0.460. The molecule has 9 nitrogen and oxygen atoms in total. The van der Waals surface area contributed by atoms with E-state index >= 15 is 0 Å². The molecule has 0 saturated carbocycles. The van der Waals surface area contributed by atoms with Crippen LogP contribution in [0.25, 0.3) is 6.08 Å². The standard InChI is InChI=1S/C22H18N4O5/c1-11-6-8-13(26(30)31)10-16(11)25-21(28)17-15-9-7-12-4-2-3-5-14(12)24(15)19(20(23)27)18(17)22(25)29/h2-10,15,17-19H,1H3,(H2,23,27)/t15-,17+,18+,19+/m1/s1. The summed E-state index contributed by atoms with van der Waals surface area (Å²) in [6.07, 6.45) is 3.69. The zero-order valence-corrected chi connectivity index (χ0v) is 16.5. The molecule has 0 unspecified atom stereocenters. The van der Waals surface area contributed by atoms with Crippen LogP contribution in [-0.2, 0) is 14.4 Å². The number of non-ortho nitro benzene ring substituents is 1. The number of hydrogen-bond donors (Lipinski definition) is 1. The number of nitro groups is 1. The number of fused-ring (bicyclic) bond motifs is 5. The van der Waals surface area contributed by atoms with E-state index in [4.69, 9.17) is 5.73 Å². The summed E-state index contributed by atoms with van der Waals surface area (Å²) in [6, 6.07) is 9.92. The maximum atomic E-state index is 13.5. The first-order valence-electron chi connectivity index (χ1n) is 9.79. The van der Waals surface area contributed by atoms with Crippen molar-refractivity contribution in [2.24, 2.45) is 17.6 Å². The molecular weight excluding hydrogens is 400 g/mol. The van der Waals surface area contributed by atoms with E-state index in [1.54, 1.807) is 11.8 Å². The Morgan fingerprint density at radius 2 is 1.77 bits per heavy atom. The molecule has 31 heavy (non-hydrogen) atoms. The molecule has 2 aromatic carbocycles. The Kier molecular flexibility index (Phi) is 3.98. The van der Waals surface area contributed by atoms with E-state index in [-0.39, 0.29) is 11.4 Å². The number of rotatable bonds is 3. The average Bonchev–Trinajstić information content (AvgIpc) is 3.22. The van der Waals surface area contributed by atoms with Crippen molar-refractivity contribution in [2.75, 3.05) is 9.80 Å². The molecule has 9 heteroatoms. The van der Waals surface area contributed by atoms with Gasteiger partial charge >= 0.3 is 0 Å². The zero-order valence-electron chi connectivity index (χ0n) is 16.5. The molecule has 2 N–H and O–H groups in total. The lowest BCUT2D eigenvalue weighted by molar-refractivity contribution is -0.384. The number of benzene rings is 2. The highest BCUT2D eigenvalue weighted by atomic mass is 16.6. The van der Waals surface area contributed by atoms with Gasteiger partial charge in [-0.1, -0.05) is 36.4 Å². The maximum Gasteiger partial charge on any atom is 0.271 e. The van der Waals surface area contributed by atoms with Gasteiger partial charge in [0.15, 0.2) is 0 Å². The lowest BCUT2D eigenvalue weighted by Gasteiger charge is -2.36. The minimum Gasteiger partial charge on any atom is -0.368 e. The Balaban J connectivity index is 1.63. The van der Waals surface area contributed by atoms with Crippen LogP contribution in [0.2, 0.25) is 0 Å². The lowest BCUT2D eigenvalue weighted by Crippen LogP contribution is -2.51. The summed E-state index contributed by atoms with van der Waals surface area (Å²) in [5.74, 6) is -3.52. The number of primary amides is 1. The summed E-state index contributed by atoms with van der Waals surface area (Å²) in [4.78, 5) is 52.9. The van der Waals surface area contributed by atoms with Crippen molar-refractivity contribution < 1.29 is 19.3 Å². The molecule has 0 spiro atoms. The minimum atomic E-state index is -0.999. The van der Waals surface area contributed by atoms with Gasteiger partial charge in [-0.15, -0.1) is 0 Å². The summed E-state index contributed by atoms with van der Waals surface area (Å²) in [7, 11) is 0. The molecule has 0 aliphatic carbocycles. The van der Waals surface area contributed by atoms with E-state index in [0.29, 0.717) is 5.56 Å². The van der Waals surface area contributed by atoms with Crippen LogP contribution in [-0.4, -0.2) is 34.7 Å². The van der Waals surface area contributed by atoms with Gasteiger partial charge in [-0.2, -0.15) is 0 Å². The van der Waals surface area contributed by atoms with Gasteiger partial charge in [-0.3, -0.25) is 24.5 Å². The summed E-state index contributed by atoms with van der Waals surface area (Å²) >= 11 is 0. The maximum absolute atomic E-state index is 13.5. The number of hydrogen-bond acceptors (Lipinski definition) is 6. The topological polar surface area (TPSA) is 127 Å². The van der Waals surface area contributed by atoms with E-state index in [9.17, 15) is 24.5 Å². The average molecular weight is 418 g/mol. The van der Waals surface area contributed by atoms with Crippen molar-refractivity contribution in [3.8, 4) is 0 Å². The largest absolute Gasteiger partial charge is 0.368 e. The first kappa shape index (κ1) is 19.0. The van der Waals surface area contributed by atoms with Crippen molar-refractivity contribution in [3.05, 3.63) is 69.8 Å². The second-order valence-electron chi connectivity index (χ2n) is 7.95. The molecule has 2 saturated heterocycles. The van der Waals surface area contributed by atoms with Gasteiger partial charge in [0.2, 0.25) is 17.7 Å². The Hall–Kier alpha value is -4.01. The number of carbonyl (C=O) groups excluding carboxylic acids is 3.